The van der Waals surface area contributed by atoms with Crippen molar-refractivity contribution in [2.24, 2.45) is 0 Å². The lowest BCUT2D eigenvalue weighted by Crippen LogP contribution is -2.47. The molecule has 1 aromatic rings. The second kappa shape index (κ2) is 5.79. The fourth-order valence-electron chi connectivity index (χ4n) is 2.18. The Hall–Kier alpha value is -1.66. The van der Waals surface area contributed by atoms with Crippen molar-refractivity contribution in [2.75, 3.05) is 44.2 Å². The molecule has 0 radical (unpaired) electrons. The van der Waals surface area contributed by atoms with Crippen LogP contribution in [0, 0.1) is 0 Å². The Bertz CT molecular complexity index is 417. The number of carboxylic acid groups (broad SMARTS) is 1. The Balaban J connectivity index is 2.07. The quantitative estimate of drug-likeness (QED) is 0.778. The smallest absolute Gasteiger partial charge is 0.339 e. The zero-order valence-electron chi connectivity index (χ0n) is 10.1. The molecule has 0 spiro atoms. The number of carbonyl (C=O) groups is 1. The van der Waals surface area contributed by atoms with E-state index in [0.29, 0.717) is 6.54 Å². The highest BCUT2D eigenvalue weighted by molar-refractivity contribution is 5.94. The summed E-state index contributed by atoms with van der Waals surface area (Å²) in [7, 11) is 0. The number of aromatic nitrogens is 1. The van der Waals surface area contributed by atoms with Crippen molar-refractivity contribution < 1.29 is 15.0 Å². The van der Waals surface area contributed by atoms with Crippen molar-refractivity contribution >= 4 is 11.7 Å². The van der Waals surface area contributed by atoms with Crippen LogP contribution in [0.1, 0.15) is 10.4 Å². The number of aromatic carboxylic acids is 1. The minimum atomic E-state index is -0.948. The van der Waals surface area contributed by atoms with Gasteiger partial charge in [-0.1, -0.05) is 0 Å². The first kappa shape index (κ1) is 12.8. The topological polar surface area (TPSA) is 76.9 Å². The van der Waals surface area contributed by atoms with Crippen LogP contribution in [0.3, 0.4) is 0 Å². The van der Waals surface area contributed by atoms with E-state index in [-0.39, 0.29) is 12.2 Å². The van der Waals surface area contributed by atoms with Gasteiger partial charge in [0.2, 0.25) is 0 Å². The van der Waals surface area contributed by atoms with Crippen LogP contribution in [-0.2, 0) is 0 Å². The van der Waals surface area contributed by atoms with Crippen LogP contribution >= 0.6 is 0 Å². The number of pyridine rings is 1. The summed E-state index contributed by atoms with van der Waals surface area (Å²) in [5.41, 5.74) is 0.967. The Labute approximate surface area is 105 Å². The van der Waals surface area contributed by atoms with Gasteiger partial charge >= 0.3 is 5.97 Å². The molecule has 1 aromatic heterocycles. The molecule has 6 nitrogen and oxygen atoms in total. The molecule has 0 unspecified atom stereocenters. The number of hydrogen-bond acceptors (Lipinski definition) is 5. The minimum absolute atomic E-state index is 0.162. The highest BCUT2D eigenvalue weighted by Gasteiger charge is 2.20. The summed E-state index contributed by atoms with van der Waals surface area (Å²) in [4.78, 5) is 19.2. The number of piperazine rings is 1. The van der Waals surface area contributed by atoms with Gasteiger partial charge in [0.25, 0.3) is 0 Å². The molecule has 0 saturated carbocycles. The lowest BCUT2D eigenvalue weighted by molar-refractivity contribution is 0.0697. The summed E-state index contributed by atoms with van der Waals surface area (Å²) < 4.78 is 0. The number of hydrogen-bond donors (Lipinski definition) is 2. The van der Waals surface area contributed by atoms with E-state index in [4.69, 9.17) is 10.2 Å². The average molecular weight is 251 g/mol. The van der Waals surface area contributed by atoms with Crippen LogP contribution in [0.2, 0.25) is 0 Å². The third-order valence-electron chi connectivity index (χ3n) is 3.16. The van der Waals surface area contributed by atoms with Crippen molar-refractivity contribution in [1.29, 1.82) is 0 Å². The normalized spacial score (nSPS) is 16.8. The second-order valence-corrected chi connectivity index (χ2v) is 4.25. The Morgan fingerprint density at radius 2 is 2.06 bits per heavy atom. The van der Waals surface area contributed by atoms with Crippen LogP contribution < -0.4 is 4.90 Å². The lowest BCUT2D eigenvalue weighted by atomic mass is 10.2. The van der Waals surface area contributed by atoms with Crippen molar-refractivity contribution in [2.45, 2.75) is 0 Å². The number of rotatable bonds is 4. The first-order valence-corrected chi connectivity index (χ1v) is 5.98. The first-order valence-electron chi connectivity index (χ1n) is 5.98. The largest absolute Gasteiger partial charge is 0.478 e. The van der Waals surface area contributed by atoms with Gasteiger partial charge in [-0.3, -0.25) is 9.88 Å². The second-order valence-electron chi connectivity index (χ2n) is 4.25. The molecular weight excluding hydrogens is 234 g/mol. The maximum Gasteiger partial charge on any atom is 0.339 e. The molecular formula is C12H17N3O3. The Morgan fingerprint density at radius 1 is 1.33 bits per heavy atom. The van der Waals surface area contributed by atoms with Crippen LogP contribution in [0.4, 0.5) is 5.69 Å². The predicted octanol–water partition coefficient (Wildman–Crippen LogP) is -0.106. The van der Waals surface area contributed by atoms with Crippen molar-refractivity contribution in [3.05, 3.63) is 24.0 Å². The molecule has 1 saturated heterocycles. The minimum Gasteiger partial charge on any atom is -0.478 e. The third kappa shape index (κ3) is 2.77. The molecule has 2 rings (SSSR count). The zero-order chi connectivity index (χ0) is 13.0. The van der Waals surface area contributed by atoms with Crippen LogP contribution in [0.5, 0.6) is 0 Å². The van der Waals surface area contributed by atoms with E-state index < -0.39 is 5.97 Å². The summed E-state index contributed by atoms with van der Waals surface area (Å²) in [5, 5.41) is 18.0. The molecule has 0 aromatic carbocycles. The molecule has 18 heavy (non-hydrogen) atoms. The molecule has 6 heteroatoms. The molecule has 2 heterocycles. The van der Waals surface area contributed by atoms with Crippen LogP contribution in [-0.4, -0.2) is 65.4 Å². The third-order valence-corrected chi connectivity index (χ3v) is 3.16. The van der Waals surface area contributed by atoms with E-state index in [1.165, 1.54) is 6.20 Å². The van der Waals surface area contributed by atoms with Crippen molar-refractivity contribution in [3.63, 3.8) is 0 Å². The fourth-order valence-corrected chi connectivity index (χ4v) is 2.18. The summed E-state index contributed by atoms with van der Waals surface area (Å²) in [5.74, 6) is -0.948. The maximum atomic E-state index is 11.1. The number of carboxylic acids is 1. The number of anilines is 1. The molecule has 0 atom stereocenters. The Morgan fingerprint density at radius 3 is 2.67 bits per heavy atom. The summed E-state index contributed by atoms with van der Waals surface area (Å²) in [6, 6.07) is 1.74. The molecule has 98 valence electrons. The molecule has 0 aliphatic carbocycles. The van der Waals surface area contributed by atoms with E-state index in [1.54, 1.807) is 12.3 Å². The van der Waals surface area contributed by atoms with Gasteiger partial charge in [-0.05, 0) is 6.07 Å². The fraction of sp³-hybridized carbons (Fsp3) is 0.500. The van der Waals surface area contributed by atoms with Crippen LogP contribution in [0.25, 0.3) is 0 Å². The molecule has 1 fully saturated rings. The number of β-amino-alcohol motifs (C(OH)–C–C–N with tert-alkyl or cyclic N) is 1. The van der Waals surface area contributed by atoms with Crippen molar-refractivity contribution in [1.82, 2.24) is 9.88 Å². The van der Waals surface area contributed by atoms with E-state index >= 15 is 0 Å². The van der Waals surface area contributed by atoms with Gasteiger partial charge in [0.05, 0.1) is 12.3 Å². The number of aliphatic hydroxyl groups excluding tert-OH is 1. The van der Waals surface area contributed by atoms with Gasteiger partial charge < -0.3 is 15.1 Å². The van der Waals surface area contributed by atoms with E-state index in [9.17, 15) is 4.79 Å². The van der Waals surface area contributed by atoms with Gasteiger partial charge in [0.15, 0.2) is 0 Å². The number of aliphatic hydroxyl groups is 1. The summed E-state index contributed by atoms with van der Waals surface area (Å²) in [6.07, 6.45) is 3.00. The average Bonchev–Trinajstić information content (AvgIpc) is 2.40. The number of nitrogens with zero attached hydrogens (tertiary/aromatic N) is 3. The Kier molecular flexibility index (Phi) is 4.11. The highest BCUT2D eigenvalue weighted by atomic mass is 16.4. The van der Waals surface area contributed by atoms with Gasteiger partial charge in [-0.25, -0.2) is 4.79 Å². The van der Waals surface area contributed by atoms with Gasteiger partial charge in [0, 0.05) is 45.1 Å². The van der Waals surface area contributed by atoms with Gasteiger partial charge in [-0.2, -0.15) is 0 Å². The lowest BCUT2D eigenvalue weighted by Gasteiger charge is -2.36. The van der Waals surface area contributed by atoms with E-state index in [2.05, 4.69) is 14.8 Å². The SMILES string of the molecule is O=C(O)c1cnccc1N1CCN(CCO)CC1. The van der Waals surface area contributed by atoms with E-state index in [0.717, 1.165) is 31.9 Å². The molecule has 0 bridgehead atoms. The zero-order valence-corrected chi connectivity index (χ0v) is 10.1. The predicted molar refractivity (Wildman–Crippen MR) is 66.9 cm³/mol. The van der Waals surface area contributed by atoms with E-state index in [1.807, 2.05) is 0 Å². The molecule has 1 aliphatic rings. The molecule has 1 aliphatic heterocycles. The molecule has 0 amide bonds. The first-order chi connectivity index (χ1) is 8.72. The summed E-state index contributed by atoms with van der Waals surface area (Å²) >= 11 is 0. The molecule has 2 N–H and O–H groups in total. The van der Waals surface area contributed by atoms with Crippen molar-refractivity contribution in [3.8, 4) is 0 Å². The maximum absolute atomic E-state index is 11.1. The van der Waals surface area contributed by atoms with Gasteiger partial charge in [-0.15, -0.1) is 0 Å². The standard InChI is InChI=1S/C12H17N3O3/c16-8-7-14-3-5-15(6-4-14)11-1-2-13-9-10(11)12(17)18/h1-2,9,16H,3-8H2,(H,17,18). The van der Waals surface area contributed by atoms with Gasteiger partial charge in [0.1, 0.15) is 5.56 Å². The van der Waals surface area contributed by atoms with Crippen LogP contribution in [0.15, 0.2) is 18.5 Å². The summed E-state index contributed by atoms with van der Waals surface area (Å²) in [6.45, 7) is 4.05. The monoisotopic (exact) mass is 251 g/mol. The highest BCUT2D eigenvalue weighted by Crippen LogP contribution is 2.20.